The average molecular weight is 242 g/mol. The van der Waals surface area contributed by atoms with E-state index >= 15 is 0 Å². The lowest BCUT2D eigenvalue weighted by Gasteiger charge is -2.12. The van der Waals surface area contributed by atoms with Crippen molar-refractivity contribution < 1.29 is 4.74 Å². The van der Waals surface area contributed by atoms with Gasteiger partial charge in [0.1, 0.15) is 0 Å². The number of hydrogen-bond donors (Lipinski definition) is 0. The van der Waals surface area contributed by atoms with Crippen LogP contribution >= 0.6 is 0 Å². The Bertz CT molecular complexity index is 457. The highest BCUT2D eigenvalue weighted by molar-refractivity contribution is 5.56. The highest BCUT2D eigenvalue weighted by Gasteiger charge is 2.21. The van der Waals surface area contributed by atoms with Gasteiger partial charge in [-0.05, 0) is 47.4 Å². The summed E-state index contributed by atoms with van der Waals surface area (Å²) in [7, 11) is 1.72. The minimum absolute atomic E-state index is 0.671. The summed E-state index contributed by atoms with van der Waals surface area (Å²) in [5.74, 6) is 0.701. The molecule has 0 aromatic heterocycles. The van der Waals surface area contributed by atoms with Crippen LogP contribution in [0.25, 0.3) is 6.08 Å². The second-order valence-electron chi connectivity index (χ2n) is 5.04. The summed E-state index contributed by atoms with van der Waals surface area (Å²) < 4.78 is 5.05. The lowest BCUT2D eigenvalue weighted by Crippen LogP contribution is -1.96. The van der Waals surface area contributed by atoms with Crippen LogP contribution in [0.15, 0.2) is 30.9 Å². The molecule has 0 N–H and O–H groups in total. The molecule has 0 spiro atoms. The molecular weight excluding hydrogens is 220 g/mol. The zero-order chi connectivity index (χ0) is 13.0. The van der Waals surface area contributed by atoms with Crippen molar-refractivity contribution in [3.8, 4) is 0 Å². The van der Waals surface area contributed by atoms with E-state index in [1.807, 2.05) is 6.08 Å². The van der Waals surface area contributed by atoms with Gasteiger partial charge < -0.3 is 4.74 Å². The van der Waals surface area contributed by atoms with Gasteiger partial charge >= 0.3 is 0 Å². The number of aryl methyl sites for hydroxylation is 1. The Morgan fingerprint density at radius 3 is 3.00 bits per heavy atom. The van der Waals surface area contributed by atoms with Gasteiger partial charge in [0.05, 0.1) is 6.61 Å². The summed E-state index contributed by atoms with van der Waals surface area (Å²) in [6.07, 6.45) is 9.69. The molecule has 1 aromatic rings. The maximum Gasteiger partial charge on any atom is 0.0646 e. The third-order valence-corrected chi connectivity index (χ3v) is 3.65. The molecule has 1 atom stereocenters. The van der Waals surface area contributed by atoms with Gasteiger partial charge in [-0.15, -0.1) is 6.58 Å². The van der Waals surface area contributed by atoms with Crippen molar-refractivity contribution in [2.45, 2.75) is 32.1 Å². The predicted molar refractivity (Wildman–Crippen MR) is 78.0 cm³/mol. The fourth-order valence-electron chi connectivity index (χ4n) is 2.86. The van der Waals surface area contributed by atoms with Crippen molar-refractivity contribution in [1.82, 2.24) is 0 Å². The van der Waals surface area contributed by atoms with Crippen LogP contribution in [0.2, 0.25) is 0 Å². The lowest BCUT2D eigenvalue weighted by atomic mass is 9.93. The van der Waals surface area contributed by atoms with Crippen LogP contribution in [0.3, 0.4) is 0 Å². The SMILES string of the molecule is C=CCc1cc(/C=C/COC)cc2c1C(C)CC2. The number of ether oxygens (including phenoxy) is 1. The fraction of sp³-hybridized carbons (Fsp3) is 0.412. The molecule has 0 bridgehead atoms. The maximum absolute atomic E-state index is 5.05. The maximum atomic E-state index is 5.05. The summed E-state index contributed by atoms with van der Waals surface area (Å²) in [6, 6.07) is 4.63. The third kappa shape index (κ3) is 2.73. The number of benzene rings is 1. The van der Waals surface area contributed by atoms with E-state index in [-0.39, 0.29) is 0 Å². The Morgan fingerprint density at radius 2 is 2.28 bits per heavy atom. The average Bonchev–Trinajstić information content (AvgIpc) is 2.72. The summed E-state index contributed by atoms with van der Waals surface area (Å²) in [5, 5.41) is 0. The van der Waals surface area contributed by atoms with Crippen molar-refractivity contribution in [2.24, 2.45) is 0 Å². The van der Waals surface area contributed by atoms with Crippen LogP contribution in [-0.2, 0) is 17.6 Å². The molecule has 2 rings (SSSR count). The molecule has 1 unspecified atom stereocenters. The van der Waals surface area contributed by atoms with Crippen molar-refractivity contribution in [2.75, 3.05) is 13.7 Å². The van der Waals surface area contributed by atoms with Crippen LogP contribution in [0, 0.1) is 0 Å². The van der Waals surface area contributed by atoms with Crippen LogP contribution in [0.4, 0.5) is 0 Å². The number of rotatable bonds is 5. The van der Waals surface area contributed by atoms with E-state index in [2.05, 4.69) is 37.8 Å². The van der Waals surface area contributed by atoms with Crippen molar-refractivity contribution in [1.29, 1.82) is 0 Å². The van der Waals surface area contributed by atoms with Crippen molar-refractivity contribution >= 4 is 6.08 Å². The Balaban J connectivity index is 2.34. The van der Waals surface area contributed by atoms with Crippen molar-refractivity contribution in [3.63, 3.8) is 0 Å². The molecular formula is C17H22O. The Kier molecular flexibility index (Phi) is 4.38. The number of hydrogen-bond acceptors (Lipinski definition) is 1. The summed E-state index contributed by atoms with van der Waals surface area (Å²) >= 11 is 0. The van der Waals surface area contributed by atoms with Gasteiger partial charge in [0.2, 0.25) is 0 Å². The predicted octanol–water partition coefficient (Wildman–Crippen LogP) is 4.12. The molecule has 1 nitrogen and oxygen atoms in total. The van der Waals surface area contributed by atoms with Crippen LogP contribution in [0.1, 0.15) is 41.5 Å². The Morgan fingerprint density at radius 1 is 1.44 bits per heavy atom. The first kappa shape index (κ1) is 13.1. The quantitative estimate of drug-likeness (QED) is 0.706. The Hall–Kier alpha value is -1.34. The van der Waals surface area contributed by atoms with Gasteiger partial charge in [0, 0.05) is 7.11 Å². The molecule has 96 valence electrons. The molecule has 0 saturated carbocycles. The molecule has 1 aromatic carbocycles. The van der Waals surface area contributed by atoms with Crippen molar-refractivity contribution in [3.05, 3.63) is 53.1 Å². The molecule has 1 heteroatoms. The first-order valence-corrected chi connectivity index (χ1v) is 6.68. The lowest BCUT2D eigenvalue weighted by molar-refractivity contribution is 0.234. The largest absolute Gasteiger partial charge is 0.381 e. The molecule has 1 aliphatic rings. The van der Waals surface area contributed by atoms with E-state index in [1.165, 1.54) is 29.5 Å². The second-order valence-corrected chi connectivity index (χ2v) is 5.04. The molecule has 0 amide bonds. The molecule has 0 aliphatic heterocycles. The van der Waals surface area contributed by atoms with E-state index < -0.39 is 0 Å². The molecule has 0 saturated heterocycles. The number of allylic oxidation sites excluding steroid dienone is 1. The van der Waals surface area contributed by atoms with E-state index in [9.17, 15) is 0 Å². The molecule has 0 radical (unpaired) electrons. The first-order valence-electron chi connectivity index (χ1n) is 6.68. The van der Waals surface area contributed by atoms with Gasteiger partial charge in [-0.2, -0.15) is 0 Å². The smallest absolute Gasteiger partial charge is 0.0646 e. The minimum Gasteiger partial charge on any atom is -0.381 e. The number of methoxy groups -OCH3 is 1. The van der Waals surface area contributed by atoms with E-state index in [0.717, 1.165) is 6.42 Å². The zero-order valence-electron chi connectivity index (χ0n) is 11.4. The minimum atomic E-state index is 0.671. The van der Waals surface area contributed by atoms with Gasteiger partial charge in [-0.3, -0.25) is 0 Å². The highest BCUT2D eigenvalue weighted by Crippen LogP contribution is 2.36. The van der Waals surface area contributed by atoms with Gasteiger partial charge in [-0.25, -0.2) is 0 Å². The van der Waals surface area contributed by atoms with Crippen LogP contribution < -0.4 is 0 Å². The van der Waals surface area contributed by atoms with Crippen LogP contribution in [-0.4, -0.2) is 13.7 Å². The van der Waals surface area contributed by atoms with E-state index in [0.29, 0.717) is 12.5 Å². The normalized spacial score (nSPS) is 18.2. The number of fused-ring (bicyclic) bond motifs is 1. The highest BCUT2D eigenvalue weighted by atomic mass is 16.5. The van der Waals surface area contributed by atoms with E-state index in [1.54, 1.807) is 12.7 Å². The second kappa shape index (κ2) is 6.01. The fourth-order valence-corrected chi connectivity index (χ4v) is 2.86. The zero-order valence-corrected chi connectivity index (χ0v) is 11.4. The third-order valence-electron chi connectivity index (χ3n) is 3.65. The van der Waals surface area contributed by atoms with Gasteiger partial charge in [-0.1, -0.05) is 37.3 Å². The van der Waals surface area contributed by atoms with Gasteiger partial charge in [0.15, 0.2) is 0 Å². The standard InChI is InChI=1S/C17H22O/c1-4-6-15-11-14(7-5-10-18-3)12-16-9-8-13(2)17(15)16/h4-5,7,11-13H,1,6,8-10H2,2-3H3/b7-5+. The first-order chi connectivity index (χ1) is 8.76. The molecule has 0 heterocycles. The summed E-state index contributed by atoms with van der Waals surface area (Å²) in [6.45, 7) is 6.88. The van der Waals surface area contributed by atoms with Crippen LogP contribution in [0.5, 0.6) is 0 Å². The topological polar surface area (TPSA) is 9.23 Å². The molecule has 1 aliphatic carbocycles. The molecule has 18 heavy (non-hydrogen) atoms. The van der Waals surface area contributed by atoms with E-state index in [4.69, 9.17) is 4.74 Å². The van der Waals surface area contributed by atoms with Gasteiger partial charge in [0.25, 0.3) is 0 Å². The summed E-state index contributed by atoms with van der Waals surface area (Å²) in [4.78, 5) is 0. The molecule has 0 fully saturated rings. The Labute approximate surface area is 110 Å². The summed E-state index contributed by atoms with van der Waals surface area (Å²) in [5.41, 5.74) is 5.83. The monoisotopic (exact) mass is 242 g/mol.